The Balaban J connectivity index is 2.94. The van der Waals surface area contributed by atoms with Crippen molar-refractivity contribution in [2.75, 3.05) is 20.6 Å². The smallest absolute Gasteiger partial charge is 0.307 e. The second-order valence-electron chi connectivity index (χ2n) is 6.28. The molecule has 1 aromatic carbocycles. The molecule has 0 radical (unpaired) electrons. The molecule has 0 amide bonds. The van der Waals surface area contributed by atoms with Crippen molar-refractivity contribution in [1.82, 2.24) is 9.03 Å². The van der Waals surface area contributed by atoms with Gasteiger partial charge in [0.1, 0.15) is 0 Å². The van der Waals surface area contributed by atoms with Crippen LogP contribution < -0.4 is 4.72 Å². The standard InChI is InChI=1S/C15H24N2O6S2/c1-11(2)9-12(15(18)19)10-16-24(20,21)13-5-7-14(8-6-13)25(22,23)17(3)4/h5-8,11-12,16H,9-10H2,1-4H3,(H,18,19). The van der Waals surface area contributed by atoms with Crippen molar-refractivity contribution >= 4 is 26.0 Å². The summed E-state index contributed by atoms with van der Waals surface area (Å²) in [5.74, 6) is -1.78. The van der Waals surface area contributed by atoms with Gasteiger partial charge in [-0.2, -0.15) is 0 Å². The highest BCUT2D eigenvalue weighted by molar-refractivity contribution is 7.89. The van der Waals surface area contributed by atoms with Crippen molar-refractivity contribution in [3.05, 3.63) is 24.3 Å². The molecule has 10 heteroatoms. The predicted octanol–water partition coefficient (Wildman–Crippen LogP) is 0.962. The molecule has 0 spiro atoms. The van der Waals surface area contributed by atoms with Crippen molar-refractivity contribution in [2.45, 2.75) is 30.1 Å². The first kappa shape index (κ1) is 21.6. The molecule has 1 aromatic rings. The van der Waals surface area contributed by atoms with Gasteiger partial charge in [-0.25, -0.2) is 25.9 Å². The summed E-state index contributed by atoms with van der Waals surface area (Å²) in [5.41, 5.74) is 0. The van der Waals surface area contributed by atoms with Crippen LogP contribution >= 0.6 is 0 Å². The van der Waals surface area contributed by atoms with Gasteiger partial charge in [0.2, 0.25) is 20.0 Å². The number of benzene rings is 1. The Morgan fingerprint density at radius 2 is 1.56 bits per heavy atom. The van der Waals surface area contributed by atoms with E-state index < -0.39 is 31.9 Å². The van der Waals surface area contributed by atoms with Gasteiger partial charge in [-0.3, -0.25) is 4.79 Å². The van der Waals surface area contributed by atoms with Crippen LogP contribution in [0.2, 0.25) is 0 Å². The average molecular weight is 392 g/mol. The number of rotatable bonds is 9. The molecular formula is C15H24N2O6S2. The van der Waals surface area contributed by atoms with Crippen LogP contribution in [0.5, 0.6) is 0 Å². The van der Waals surface area contributed by atoms with E-state index in [0.717, 1.165) is 4.31 Å². The molecule has 0 bridgehead atoms. The largest absolute Gasteiger partial charge is 0.481 e. The van der Waals surface area contributed by atoms with Crippen molar-refractivity contribution in [3.63, 3.8) is 0 Å². The maximum absolute atomic E-state index is 12.3. The van der Waals surface area contributed by atoms with Crippen LogP contribution in [-0.4, -0.2) is 52.9 Å². The number of carboxylic acids is 1. The summed E-state index contributed by atoms with van der Waals surface area (Å²) in [7, 11) is -4.82. The summed E-state index contributed by atoms with van der Waals surface area (Å²) in [6, 6.07) is 4.76. The first-order valence-electron chi connectivity index (χ1n) is 7.63. The lowest BCUT2D eigenvalue weighted by Gasteiger charge is -2.16. The lowest BCUT2D eigenvalue weighted by atomic mass is 9.98. The molecule has 0 aliphatic carbocycles. The highest BCUT2D eigenvalue weighted by Crippen LogP contribution is 2.17. The highest BCUT2D eigenvalue weighted by Gasteiger charge is 2.23. The van der Waals surface area contributed by atoms with Gasteiger partial charge in [0, 0.05) is 20.6 Å². The fourth-order valence-electron chi connectivity index (χ4n) is 2.14. The minimum Gasteiger partial charge on any atom is -0.481 e. The van der Waals surface area contributed by atoms with Crippen LogP contribution in [0.15, 0.2) is 34.1 Å². The van der Waals surface area contributed by atoms with E-state index in [-0.39, 0.29) is 22.3 Å². The molecule has 1 unspecified atom stereocenters. The molecular weight excluding hydrogens is 368 g/mol. The summed E-state index contributed by atoms with van der Waals surface area (Å²) in [6.07, 6.45) is 0.345. The van der Waals surface area contributed by atoms with Crippen molar-refractivity contribution in [3.8, 4) is 0 Å². The van der Waals surface area contributed by atoms with Gasteiger partial charge in [-0.05, 0) is 36.6 Å². The molecule has 0 heterocycles. The molecule has 0 fully saturated rings. The van der Waals surface area contributed by atoms with Gasteiger partial charge >= 0.3 is 5.97 Å². The van der Waals surface area contributed by atoms with Crippen LogP contribution in [0.1, 0.15) is 20.3 Å². The number of nitrogens with zero attached hydrogens (tertiary/aromatic N) is 1. The number of carboxylic acid groups (broad SMARTS) is 1. The predicted molar refractivity (Wildman–Crippen MR) is 93.1 cm³/mol. The van der Waals surface area contributed by atoms with Gasteiger partial charge in [0.05, 0.1) is 15.7 Å². The van der Waals surface area contributed by atoms with Gasteiger partial charge in [0.25, 0.3) is 0 Å². The topological polar surface area (TPSA) is 121 Å². The number of carbonyl (C=O) groups is 1. The van der Waals surface area contributed by atoms with E-state index in [1.807, 2.05) is 13.8 Å². The quantitative estimate of drug-likeness (QED) is 0.646. The van der Waals surface area contributed by atoms with Crippen LogP contribution in [0, 0.1) is 11.8 Å². The van der Waals surface area contributed by atoms with E-state index in [1.165, 1.54) is 38.4 Å². The van der Waals surface area contributed by atoms with Gasteiger partial charge in [0.15, 0.2) is 0 Å². The molecule has 0 aliphatic rings. The fraction of sp³-hybridized carbons (Fsp3) is 0.533. The van der Waals surface area contributed by atoms with Gasteiger partial charge in [-0.1, -0.05) is 13.8 Å². The monoisotopic (exact) mass is 392 g/mol. The third-order valence-electron chi connectivity index (χ3n) is 3.54. The van der Waals surface area contributed by atoms with Crippen LogP contribution in [0.4, 0.5) is 0 Å². The maximum atomic E-state index is 12.3. The summed E-state index contributed by atoms with van der Waals surface area (Å²) in [4.78, 5) is 11.0. The second kappa shape index (κ2) is 8.26. The second-order valence-corrected chi connectivity index (χ2v) is 10.2. The van der Waals surface area contributed by atoms with Gasteiger partial charge in [-0.15, -0.1) is 0 Å². The van der Waals surface area contributed by atoms with E-state index in [1.54, 1.807) is 0 Å². The lowest BCUT2D eigenvalue weighted by molar-refractivity contribution is -0.142. The molecule has 0 aliphatic heterocycles. The van der Waals surface area contributed by atoms with E-state index in [4.69, 9.17) is 5.11 Å². The fourth-order valence-corrected chi connectivity index (χ4v) is 4.12. The molecule has 8 nitrogen and oxygen atoms in total. The Hall–Kier alpha value is -1.49. The van der Waals surface area contributed by atoms with Crippen LogP contribution in [0.3, 0.4) is 0 Å². The van der Waals surface area contributed by atoms with E-state index in [9.17, 15) is 21.6 Å². The summed E-state index contributed by atoms with van der Waals surface area (Å²) in [5, 5.41) is 9.16. The molecule has 0 aromatic heterocycles. The normalized spacial score (nSPS) is 14.0. The van der Waals surface area contributed by atoms with Crippen molar-refractivity contribution < 1.29 is 26.7 Å². The van der Waals surface area contributed by atoms with E-state index in [0.29, 0.717) is 6.42 Å². The Labute approximate surface area is 149 Å². The Kier molecular flexibility index (Phi) is 7.12. The van der Waals surface area contributed by atoms with E-state index >= 15 is 0 Å². The summed E-state index contributed by atoms with van der Waals surface area (Å²) >= 11 is 0. The number of sulfonamides is 2. The van der Waals surface area contributed by atoms with E-state index in [2.05, 4.69) is 4.72 Å². The number of aliphatic carboxylic acids is 1. The molecule has 0 saturated carbocycles. The average Bonchev–Trinajstić information content (AvgIpc) is 2.50. The molecule has 25 heavy (non-hydrogen) atoms. The van der Waals surface area contributed by atoms with Crippen LogP contribution in [0.25, 0.3) is 0 Å². The minimum atomic E-state index is -3.93. The van der Waals surface area contributed by atoms with Crippen LogP contribution in [-0.2, 0) is 24.8 Å². The first-order valence-corrected chi connectivity index (χ1v) is 10.6. The Morgan fingerprint density at radius 3 is 1.96 bits per heavy atom. The lowest BCUT2D eigenvalue weighted by Crippen LogP contribution is -2.33. The number of nitrogens with one attached hydrogen (secondary N) is 1. The number of hydrogen-bond donors (Lipinski definition) is 2. The summed E-state index contributed by atoms with van der Waals surface area (Å²) in [6.45, 7) is 3.48. The zero-order chi connectivity index (χ0) is 19.4. The zero-order valence-corrected chi connectivity index (χ0v) is 16.3. The molecule has 142 valence electrons. The highest BCUT2D eigenvalue weighted by atomic mass is 32.2. The molecule has 2 N–H and O–H groups in total. The SMILES string of the molecule is CC(C)CC(CNS(=O)(=O)c1ccc(S(=O)(=O)N(C)C)cc1)C(=O)O. The minimum absolute atomic E-state index is 0.0281. The Morgan fingerprint density at radius 1 is 1.08 bits per heavy atom. The number of hydrogen-bond acceptors (Lipinski definition) is 5. The Bertz CT molecular complexity index is 799. The molecule has 1 rings (SSSR count). The van der Waals surface area contributed by atoms with Crippen molar-refractivity contribution in [1.29, 1.82) is 0 Å². The third kappa shape index (κ3) is 5.77. The maximum Gasteiger partial charge on any atom is 0.307 e. The first-order chi connectivity index (χ1) is 11.4. The van der Waals surface area contributed by atoms with Crippen molar-refractivity contribution in [2.24, 2.45) is 11.8 Å². The van der Waals surface area contributed by atoms with Gasteiger partial charge < -0.3 is 5.11 Å². The molecule has 0 saturated heterocycles. The third-order valence-corrected chi connectivity index (χ3v) is 6.81. The summed E-state index contributed by atoms with van der Waals surface area (Å²) < 4.78 is 51.8. The molecule has 1 atom stereocenters. The zero-order valence-electron chi connectivity index (χ0n) is 14.6.